The minimum atomic E-state index is -0.270. The van der Waals surface area contributed by atoms with Crippen LogP contribution in [0.2, 0.25) is 0 Å². The number of terminal acetylenes is 1. The van der Waals surface area contributed by atoms with Crippen LogP contribution >= 0.6 is 0 Å². The molecule has 1 unspecified atom stereocenters. The third-order valence-electron chi connectivity index (χ3n) is 2.74. The van der Waals surface area contributed by atoms with Gasteiger partial charge in [0.25, 0.3) is 0 Å². The zero-order valence-corrected chi connectivity index (χ0v) is 13.5. The van der Waals surface area contributed by atoms with Crippen molar-refractivity contribution in [1.29, 1.82) is 0 Å². The normalized spacial score (nSPS) is 13.7. The number of aliphatic imine (C=N–C) groups is 1. The Bertz CT molecular complexity index is 518. The van der Waals surface area contributed by atoms with Crippen LogP contribution in [-0.4, -0.2) is 18.1 Å². The van der Waals surface area contributed by atoms with E-state index in [-0.39, 0.29) is 17.6 Å². The van der Waals surface area contributed by atoms with E-state index in [1.165, 1.54) is 0 Å². The molecule has 1 rings (SSSR count). The molecule has 0 saturated carbocycles. The average Bonchev–Trinajstić information content (AvgIpc) is 2.36. The fraction of sp³-hybridized carbons (Fsp3) is 0.471. The summed E-state index contributed by atoms with van der Waals surface area (Å²) in [5.41, 5.74) is 6.63. The first-order chi connectivity index (χ1) is 9.72. The van der Waals surface area contributed by atoms with Crippen LogP contribution in [0.5, 0.6) is 5.75 Å². The third kappa shape index (κ3) is 5.78. The molecule has 114 valence electrons. The highest BCUT2D eigenvalue weighted by Crippen LogP contribution is 2.22. The van der Waals surface area contributed by atoms with E-state index in [1.54, 1.807) is 0 Å². The molecule has 0 aliphatic rings. The fourth-order valence-electron chi connectivity index (χ4n) is 1.69. The van der Waals surface area contributed by atoms with Crippen LogP contribution in [0.25, 0.3) is 0 Å². The molecule has 0 bridgehead atoms. The van der Waals surface area contributed by atoms with Crippen LogP contribution in [0.15, 0.2) is 29.3 Å². The molecule has 0 aliphatic heterocycles. The highest BCUT2D eigenvalue weighted by Gasteiger charge is 2.22. The number of anilines is 1. The smallest absolute Gasteiger partial charge is 0.194 e. The number of hydrogen-bond donors (Lipinski definition) is 2. The number of guanidine groups is 1. The zero-order chi connectivity index (χ0) is 16.0. The first kappa shape index (κ1) is 16.9. The summed E-state index contributed by atoms with van der Waals surface area (Å²) in [4.78, 5) is 4.35. The van der Waals surface area contributed by atoms with Gasteiger partial charge >= 0.3 is 0 Å². The van der Waals surface area contributed by atoms with Gasteiger partial charge in [-0.05, 0) is 43.5 Å². The third-order valence-corrected chi connectivity index (χ3v) is 2.74. The SMILES string of the molecule is C#CC(N=C(N)Nc1ccc(OC(C)C)cc1)C(C)(C)C. The predicted octanol–water partition coefficient (Wildman–Crippen LogP) is 3.25. The van der Waals surface area contributed by atoms with Gasteiger partial charge < -0.3 is 15.8 Å². The van der Waals surface area contributed by atoms with E-state index in [0.717, 1.165) is 11.4 Å². The van der Waals surface area contributed by atoms with Crippen LogP contribution in [0, 0.1) is 17.8 Å². The maximum absolute atomic E-state index is 5.91. The van der Waals surface area contributed by atoms with Crippen molar-refractivity contribution >= 4 is 11.6 Å². The van der Waals surface area contributed by atoms with Gasteiger partial charge in [-0.1, -0.05) is 26.7 Å². The van der Waals surface area contributed by atoms with E-state index < -0.39 is 0 Å². The molecule has 1 aromatic rings. The summed E-state index contributed by atoms with van der Waals surface area (Å²) < 4.78 is 5.58. The highest BCUT2D eigenvalue weighted by molar-refractivity contribution is 5.92. The van der Waals surface area contributed by atoms with Gasteiger partial charge in [-0.25, -0.2) is 4.99 Å². The average molecular weight is 287 g/mol. The zero-order valence-electron chi connectivity index (χ0n) is 13.5. The quantitative estimate of drug-likeness (QED) is 0.508. The maximum atomic E-state index is 5.91. The van der Waals surface area contributed by atoms with Crippen LogP contribution in [0.1, 0.15) is 34.6 Å². The van der Waals surface area contributed by atoms with Crippen molar-refractivity contribution in [3.8, 4) is 18.1 Å². The molecular formula is C17H25N3O. The van der Waals surface area contributed by atoms with Crippen LogP contribution < -0.4 is 15.8 Å². The minimum Gasteiger partial charge on any atom is -0.491 e. The molecule has 0 aliphatic carbocycles. The molecule has 21 heavy (non-hydrogen) atoms. The lowest BCUT2D eigenvalue weighted by Crippen LogP contribution is -2.30. The lowest BCUT2D eigenvalue weighted by atomic mass is 9.88. The van der Waals surface area contributed by atoms with E-state index in [4.69, 9.17) is 16.9 Å². The summed E-state index contributed by atoms with van der Waals surface area (Å²) >= 11 is 0. The maximum Gasteiger partial charge on any atom is 0.194 e. The Morgan fingerprint density at radius 1 is 1.29 bits per heavy atom. The summed E-state index contributed by atoms with van der Waals surface area (Å²) in [6.07, 6.45) is 5.66. The van der Waals surface area contributed by atoms with Crippen LogP contribution in [-0.2, 0) is 0 Å². The van der Waals surface area contributed by atoms with Gasteiger partial charge in [-0.2, -0.15) is 0 Å². The second kappa shape index (κ2) is 7.03. The molecule has 0 heterocycles. The number of benzene rings is 1. The standard InChI is InChI=1S/C17H25N3O/c1-7-15(17(4,5)6)20-16(18)19-13-8-10-14(11-9-13)21-12(2)3/h1,8-12,15H,2-6H3,(H3,18,19,20). The molecule has 1 aromatic carbocycles. The summed E-state index contributed by atoms with van der Waals surface area (Å²) in [7, 11) is 0. The minimum absolute atomic E-state index is 0.129. The molecular weight excluding hydrogens is 262 g/mol. The number of hydrogen-bond acceptors (Lipinski definition) is 2. The summed E-state index contributed by atoms with van der Waals surface area (Å²) in [6.45, 7) is 10.1. The second-order valence-electron chi connectivity index (χ2n) is 6.27. The monoisotopic (exact) mass is 287 g/mol. The van der Waals surface area contributed by atoms with Gasteiger partial charge in [0.2, 0.25) is 0 Å². The van der Waals surface area contributed by atoms with Gasteiger partial charge in [-0.3, -0.25) is 0 Å². The van der Waals surface area contributed by atoms with Crippen molar-refractivity contribution < 1.29 is 4.74 Å². The van der Waals surface area contributed by atoms with E-state index in [9.17, 15) is 0 Å². The Balaban J connectivity index is 2.74. The fourth-order valence-corrected chi connectivity index (χ4v) is 1.69. The number of nitrogens with one attached hydrogen (secondary N) is 1. The molecule has 1 atom stereocenters. The Morgan fingerprint density at radius 2 is 1.86 bits per heavy atom. The Hall–Kier alpha value is -2.15. The van der Waals surface area contributed by atoms with E-state index in [1.807, 2.05) is 58.9 Å². The number of nitrogens with zero attached hydrogens (tertiary/aromatic N) is 1. The number of rotatable bonds is 4. The van der Waals surface area contributed by atoms with Crippen molar-refractivity contribution in [3.05, 3.63) is 24.3 Å². The number of ether oxygens (including phenoxy) is 1. The van der Waals surface area contributed by atoms with Crippen molar-refractivity contribution in [2.45, 2.75) is 46.8 Å². The highest BCUT2D eigenvalue weighted by atomic mass is 16.5. The Labute approximate surface area is 127 Å². The van der Waals surface area contributed by atoms with Gasteiger partial charge in [0.05, 0.1) is 6.10 Å². The van der Waals surface area contributed by atoms with Gasteiger partial charge in [-0.15, -0.1) is 6.42 Å². The predicted molar refractivity (Wildman–Crippen MR) is 89.5 cm³/mol. The lowest BCUT2D eigenvalue weighted by molar-refractivity contribution is 0.242. The van der Waals surface area contributed by atoms with Crippen molar-refractivity contribution in [3.63, 3.8) is 0 Å². The summed E-state index contributed by atoms with van der Waals surface area (Å²) in [6, 6.07) is 7.29. The second-order valence-corrected chi connectivity index (χ2v) is 6.27. The Morgan fingerprint density at radius 3 is 2.29 bits per heavy atom. The topological polar surface area (TPSA) is 59.6 Å². The van der Waals surface area contributed by atoms with Crippen molar-refractivity contribution in [2.24, 2.45) is 16.1 Å². The molecule has 0 spiro atoms. The van der Waals surface area contributed by atoms with Crippen LogP contribution in [0.4, 0.5) is 5.69 Å². The summed E-state index contributed by atoms with van der Waals surface area (Å²) in [5.74, 6) is 3.79. The van der Waals surface area contributed by atoms with Crippen LogP contribution in [0.3, 0.4) is 0 Å². The first-order valence-electron chi connectivity index (χ1n) is 7.05. The van der Waals surface area contributed by atoms with Crippen molar-refractivity contribution in [1.82, 2.24) is 0 Å². The first-order valence-corrected chi connectivity index (χ1v) is 7.05. The molecule has 3 N–H and O–H groups in total. The van der Waals surface area contributed by atoms with E-state index >= 15 is 0 Å². The van der Waals surface area contributed by atoms with Gasteiger partial charge in [0, 0.05) is 5.69 Å². The molecule has 0 fully saturated rings. The molecule has 0 saturated heterocycles. The van der Waals surface area contributed by atoms with E-state index in [2.05, 4.69) is 16.2 Å². The molecule has 0 amide bonds. The largest absolute Gasteiger partial charge is 0.491 e. The lowest BCUT2D eigenvalue weighted by Gasteiger charge is -2.23. The van der Waals surface area contributed by atoms with Gasteiger partial charge in [0.15, 0.2) is 5.96 Å². The van der Waals surface area contributed by atoms with E-state index in [0.29, 0.717) is 5.96 Å². The van der Waals surface area contributed by atoms with Gasteiger partial charge in [0.1, 0.15) is 11.8 Å². The molecule has 4 nitrogen and oxygen atoms in total. The Kier molecular flexibility index (Phi) is 5.66. The molecule has 0 aromatic heterocycles. The molecule has 0 radical (unpaired) electrons. The number of nitrogens with two attached hydrogens (primary N) is 1. The molecule has 4 heteroatoms. The van der Waals surface area contributed by atoms with Crippen molar-refractivity contribution in [2.75, 3.05) is 5.32 Å². The summed E-state index contributed by atoms with van der Waals surface area (Å²) in [5, 5.41) is 3.04.